The highest BCUT2D eigenvalue weighted by Crippen LogP contribution is 2.35. The van der Waals surface area contributed by atoms with Crippen LogP contribution in [0.25, 0.3) is 11.1 Å². The summed E-state index contributed by atoms with van der Waals surface area (Å²) in [6.07, 6.45) is -1.44. The first-order valence-corrected chi connectivity index (χ1v) is 8.65. The zero-order chi connectivity index (χ0) is 20.4. The number of hydrogen-bond donors (Lipinski definition) is 1. The lowest BCUT2D eigenvalue weighted by Gasteiger charge is -2.11. The number of aliphatic imine (C=N–C) groups is 1. The molecule has 1 N–H and O–H groups in total. The minimum atomic E-state index is -4.81. The second kappa shape index (κ2) is 7.38. The van der Waals surface area contributed by atoms with Crippen LogP contribution in [-0.4, -0.2) is 23.0 Å². The fourth-order valence-corrected chi connectivity index (χ4v) is 3.03. The molecule has 1 aliphatic rings. The summed E-state index contributed by atoms with van der Waals surface area (Å²) in [5.41, 5.74) is 3.69. The van der Waals surface area contributed by atoms with Gasteiger partial charge in [0.2, 0.25) is 5.91 Å². The summed E-state index contributed by atoms with van der Waals surface area (Å²) in [5, 5.41) is 2.59. The largest absolute Gasteiger partial charge is 0.573 e. The third-order valence-corrected chi connectivity index (χ3v) is 4.27. The second-order valence-corrected chi connectivity index (χ2v) is 6.33. The van der Waals surface area contributed by atoms with Gasteiger partial charge in [-0.2, -0.15) is 0 Å². The third kappa shape index (κ3) is 4.43. The Morgan fingerprint density at radius 3 is 2.45 bits per heavy atom. The molecule has 5 nitrogen and oxygen atoms in total. The van der Waals surface area contributed by atoms with Crippen molar-refractivity contribution in [3.8, 4) is 16.9 Å². The number of aromatic nitrogens is 1. The number of halogens is 3. The van der Waals surface area contributed by atoms with Crippen LogP contribution in [0.1, 0.15) is 12.0 Å². The number of nitrogens with one attached hydrogen (secondary N) is 1. The molecule has 0 fully saturated rings. The lowest BCUT2D eigenvalue weighted by atomic mass is 10.0. The van der Waals surface area contributed by atoms with E-state index in [2.05, 4.69) is 20.0 Å². The summed E-state index contributed by atoms with van der Waals surface area (Å²) < 4.78 is 41.3. The van der Waals surface area contributed by atoms with Gasteiger partial charge in [0.15, 0.2) is 0 Å². The number of hydrogen-bond acceptors (Lipinski definition) is 4. The van der Waals surface area contributed by atoms with E-state index in [1.54, 1.807) is 12.4 Å². The summed E-state index contributed by atoms with van der Waals surface area (Å²) in [6, 6.07) is 14.9. The van der Waals surface area contributed by atoms with Gasteiger partial charge >= 0.3 is 6.36 Å². The van der Waals surface area contributed by atoms with Gasteiger partial charge < -0.3 is 10.1 Å². The average Bonchev–Trinajstić information content (AvgIpc) is 2.85. The minimum Gasteiger partial charge on any atom is -0.406 e. The lowest BCUT2D eigenvalue weighted by molar-refractivity contribution is -0.274. The topological polar surface area (TPSA) is 63.6 Å². The Bertz CT molecular complexity index is 1100. The van der Waals surface area contributed by atoms with Crippen molar-refractivity contribution in [2.75, 3.05) is 5.32 Å². The molecule has 146 valence electrons. The van der Waals surface area contributed by atoms with Gasteiger partial charge in [-0.25, -0.2) is 0 Å². The Labute approximate surface area is 163 Å². The van der Waals surface area contributed by atoms with E-state index in [1.165, 1.54) is 6.07 Å². The number of carbonyl (C=O) groups is 1. The van der Waals surface area contributed by atoms with Crippen molar-refractivity contribution in [3.63, 3.8) is 0 Å². The number of nitrogens with zero attached hydrogens (tertiary/aromatic N) is 2. The molecular formula is C21H14F3N3O2. The Hall–Kier alpha value is -3.68. The van der Waals surface area contributed by atoms with Crippen LogP contribution in [0.3, 0.4) is 0 Å². The van der Waals surface area contributed by atoms with Crippen LogP contribution in [0.5, 0.6) is 5.75 Å². The summed E-state index contributed by atoms with van der Waals surface area (Å²) >= 11 is 0. The van der Waals surface area contributed by atoms with E-state index in [0.29, 0.717) is 11.4 Å². The van der Waals surface area contributed by atoms with Gasteiger partial charge in [-0.15, -0.1) is 13.2 Å². The van der Waals surface area contributed by atoms with Crippen LogP contribution in [0.15, 0.2) is 72.0 Å². The van der Waals surface area contributed by atoms with Crippen LogP contribution >= 0.6 is 0 Å². The molecule has 29 heavy (non-hydrogen) atoms. The van der Waals surface area contributed by atoms with E-state index in [1.807, 2.05) is 36.4 Å². The molecule has 1 aliphatic heterocycles. The smallest absolute Gasteiger partial charge is 0.406 e. The molecule has 0 radical (unpaired) electrons. The van der Waals surface area contributed by atoms with Gasteiger partial charge in [-0.05, 0) is 47.0 Å². The van der Waals surface area contributed by atoms with Crippen molar-refractivity contribution < 1.29 is 22.7 Å². The van der Waals surface area contributed by atoms with Crippen LogP contribution in [0, 0.1) is 0 Å². The van der Waals surface area contributed by atoms with E-state index >= 15 is 0 Å². The van der Waals surface area contributed by atoms with Crippen molar-refractivity contribution in [1.29, 1.82) is 0 Å². The third-order valence-electron chi connectivity index (χ3n) is 4.27. The quantitative estimate of drug-likeness (QED) is 0.668. The van der Waals surface area contributed by atoms with Crippen molar-refractivity contribution in [2.45, 2.75) is 12.8 Å². The molecule has 2 aromatic carbocycles. The number of alkyl halides is 3. The van der Waals surface area contributed by atoms with Crippen molar-refractivity contribution in [3.05, 3.63) is 72.6 Å². The summed E-state index contributed by atoms with van der Waals surface area (Å²) in [4.78, 5) is 20.8. The highest BCUT2D eigenvalue weighted by molar-refractivity contribution is 6.17. The normalized spacial score (nSPS) is 13.8. The zero-order valence-electron chi connectivity index (χ0n) is 14.9. The molecule has 1 aromatic heterocycles. The maximum Gasteiger partial charge on any atom is 0.573 e. The lowest BCUT2D eigenvalue weighted by Crippen LogP contribution is -2.17. The molecule has 4 rings (SSSR count). The van der Waals surface area contributed by atoms with Crippen LogP contribution in [0.4, 0.5) is 24.5 Å². The average molecular weight is 397 g/mol. The first-order chi connectivity index (χ1) is 13.9. The molecule has 0 aliphatic carbocycles. The molecule has 0 spiro atoms. The number of pyridine rings is 1. The fraction of sp³-hybridized carbons (Fsp3) is 0.0952. The van der Waals surface area contributed by atoms with Gasteiger partial charge in [-0.1, -0.05) is 18.2 Å². The summed E-state index contributed by atoms with van der Waals surface area (Å²) in [6.45, 7) is 0. The van der Waals surface area contributed by atoms with E-state index in [9.17, 15) is 18.0 Å². The number of fused-ring (bicyclic) bond motifs is 1. The van der Waals surface area contributed by atoms with Gasteiger partial charge in [0.25, 0.3) is 0 Å². The monoisotopic (exact) mass is 397 g/mol. The van der Waals surface area contributed by atoms with Crippen molar-refractivity contribution >= 4 is 23.0 Å². The number of benzene rings is 2. The van der Waals surface area contributed by atoms with Gasteiger partial charge in [0.05, 0.1) is 23.5 Å². The number of carbonyl (C=O) groups excluding carboxylic acids is 1. The van der Waals surface area contributed by atoms with E-state index < -0.39 is 12.1 Å². The highest BCUT2D eigenvalue weighted by Gasteiger charge is 2.31. The van der Waals surface area contributed by atoms with E-state index in [0.717, 1.165) is 28.8 Å². The number of rotatable bonds is 3. The second-order valence-electron chi connectivity index (χ2n) is 6.33. The van der Waals surface area contributed by atoms with Gasteiger partial charge in [0, 0.05) is 18.5 Å². The van der Waals surface area contributed by atoms with Crippen molar-refractivity contribution in [2.24, 2.45) is 4.99 Å². The van der Waals surface area contributed by atoms with Crippen LogP contribution in [-0.2, 0) is 4.79 Å². The molecule has 0 saturated carbocycles. The minimum absolute atomic E-state index is 0.00998. The number of ether oxygens (including phenoxy) is 1. The fourth-order valence-electron chi connectivity index (χ4n) is 3.03. The number of amides is 1. The zero-order valence-corrected chi connectivity index (χ0v) is 14.9. The highest BCUT2D eigenvalue weighted by atomic mass is 19.4. The molecule has 0 bridgehead atoms. The molecule has 0 unspecified atom stereocenters. The Morgan fingerprint density at radius 1 is 0.931 bits per heavy atom. The number of anilines is 1. The van der Waals surface area contributed by atoms with Gasteiger partial charge in [-0.3, -0.25) is 14.8 Å². The van der Waals surface area contributed by atoms with E-state index in [-0.39, 0.29) is 18.0 Å². The predicted octanol–water partition coefficient (Wildman–Crippen LogP) is 5.11. The standard InChI is InChI=1S/C21H14F3N3O2/c22-21(23,24)29-16-4-5-17-19(11-16)27-20(28)12-18(26-17)15-3-1-2-14(10-15)13-6-8-25-9-7-13/h1-11H,12H2,(H,27,28). The molecule has 2 heterocycles. The molecular weight excluding hydrogens is 383 g/mol. The molecule has 1 amide bonds. The maximum absolute atomic E-state index is 12.5. The van der Waals surface area contributed by atoms with E-state index in [4.69, 9.17) is 0 Å². The Morgan fingerprint density at radius 2 is 1.69 bits per heavy atom. The molecule has 0 saturated heterocycles. The molecule has 8 heteroatoms. The van der Waals surface area contributed by atoms with Crippen LogP contribution < -0.4 is 10.1 Å². The molecule has 0 atom stereocenters. The van der Waals surface area contributed by atoms with Gasteiger partial charge in [0.1, 0.15) is 5.75 Å². The summed E-state index contributed by atoms with van der Waals surface area (Å²) in [5.74, 6) is -0.796. The molecule has 3 aromatic rings. The van der Waals surface area contributed by atoms with Crippen molar-refractivity contribution in [1.82, 2.24) is 4.98 Å². The summed E-state index contributed by atoms with van der Waals surface area (Å²) in [7, 11) is 0. The van der Waals surface area contributed by atoms with Crippen LogP contribution in [0.2, 0.25) is 0 Å². The first-order valence-electron chi connectivity index (χ1n) is 8.65. The predicted molar refractivity (Wildman–Crippen MR) is 102 cm³/mol. The maximum atomic E-state index is 12.5. The SMILES string of the molecule is O=C1CC(c2cccc(-c3ccncc3)c2)=Nc2ccc(OC(F)(F)F)cc2N1. The Balaban J connectivity index is 1.71. The Kier molecular flexibility index (Phi) is 4.75. The first kappa shape index (κ1) is 18.7.